The second kappa shape index (κ2) is 8.11. The number of nitrogens with zero attached hydrogens (tertiary/aromatic N) is 3. The number of halogens is 2. The van der Waals surface area contributed by atoms with E-state index < -0.39 is 0 Å². The number of nitrogen functional groups attached to an aromatic ring is 2. The summed E-state index contributed by atoms with van der Waals surface area (Å²) < 4.78 is 0. The molecular weight excluding hydrogens is 407 g/mol. The van der Waals surface area contributed by atoms with Gasteiger partial charge >= 0.3 is 0 Å². The molecule has 0 spiro atoms. The topological polar surface area (TPSA) is 102 Å². The zero-order valence-electron chi connectivity index (χ0n) is 15.3. The van der Waals surface area contributed by atoms with Crippen LogP contribution in [0.25, 0.3) is 6.08 Å². The van der Waals surface area contributed by atoms with E-state index in [0.29, 0.717) is 28.0 Å². The first-order valence-corrected chi connectivity index (χ1v) is 9.70. The summed E-state index contributed by atoms with van der Waals surface area (Å²) in [7, 11) is 0. The van der Waals surface area contributed by atoms with Crippen molar-refractivity contribution < 1.29 is 0 Å². The molecule has 8 heteroatoms. The first-order valence-electron chi connectivity index (χ1n) is 8.94. The average molecular weight is 425 g/mol. The molecule has 0 aliphatic carbocycles. The number of benzene rings is 2. The molecule has 0 amide bonds. The third-order valence-electron chi connectivity index (χ3n) is 4.52. The molecule has 5 N–H and O–H groups in total. The minimum Gasteiger partial charge on any atom is -0.382 e. The highest BCUT2D eigenvalue weighted by atomic mass is 35.5. The molecule has 1 aliphatic rings. The van der Waals surface area contributed by atoms with E-state index in [1.807, 2.05) is 60.7 Å². The van der Waals surface area contributed by atoms with Gasteiger partial charge in [0.1, 0.15) is 5.69 Å². The van der Waals surface area contributed by atoms with E-state index in [2.05, 4.69) is 15.3 Å². The predicted octanol–water partition coefficient (Wildman–Crippen LogP) is 5.29. The van der Waals surface area contributed by atoms with Gasteiger partial charge < -0.3 is 16.8 Å². The lowest BCUT2D eigenvalue weighted by Gasteiger charge is -2.18. The van der Waals surface area contributed by atoms with Gasteiger partial charge in [-0.25, -0.2) is 4.99 Å². The highest BCUT2D eigenvalue weighted by Crippen LogP contribution is 2.37. The molecule has 1 aromatic heterocycles. The second-order valence-electron chi connectivity index (χ2n) is 6.60. The van der Waals surface area contributed by atoms with E-state index in [1.54, 1.807) is 0 Å². The first kappa shape index (κ1) is 19.2. The number of aliphatic imine (C=N–C) groups is 1. The van der Waals surface area contributed by atoms with E-state index in [9.17, 15) is 0 Å². The molecule has 6 nitrogen and oxygen atoms in total. The van der Waals surface area contributed by atoms with Gasteiger partial charge in [0.25, 0.3) is 0 Å². The molecule has 2 aromatic carbocycles. The van der Waals surface area contributed by atoms with Gasteiger partial charge in [-0.3, -0.25) is 0 Å². The summed E-state index contributed by atoms with van der Waals surface area (Å²) in [5, 5.41) is 4.76. The number of aromatic nitrogens is 2. The Morgan fingerprint density at radius 1 is 0.897 bits per heavy atom. The Morgan fingerprint density at radius 3 is 2.24 bits per heavy atom. The van der Waals surface area contributed by atoms with E-state index >= 15 is 0 Å². The molecule has 4 rings (SSSR count). The van der Waals surface area contributed by atoms with Crippen LogP contribution in [0.2, 0.25) is 10.0 Å². The van der Waals surface area contributed by atoms with Gasteiger partial charge in [-0.2, -0.15) is 9.97 Å². The number of anilines is 3. The van der Waals surface area contributed by atoms with Crippen LogP contribution in [0.3, 0.4) is 0 Å². The van der Waals surface area contributed by atoms with E-state index in [0.717, 1.165) is 16.8 Å². The van der Waals surface area contributed by atoms with Gasteiger partial charge in [0.2, 0.25) is 5.95 Å². The van der Waals surface area contributed by atoms with Crippen molar-refractivity contribution in [1.82, 2.24) is 9.97 Å². The predicted molar refractivity (Wildman–Crippen MR) is 121 cm³/mol. The van der Waals surface area contributed by atoms with Crippen LogP contribution < -0.4 is 16.8 Å². The Morgan fingerprint density at radius 2 is 1.55 bits per heavy atom. The second-order valence-corrected chi connectivity index (χ2v) is 7.48. The van der Waals surface area contributed by atoms with Crippen LogP contribution in [0, 0.1) is 0 Å². The highest BCUT2D eigenvalue weighted by Gasteiger charge is 2.22. The number of nitrogens with one attached hydrogen (secondary N) is 1. The largest absolute Gasteiger partial charge is 0.382 e. The Balaban J connectivity index is 1.74. The third kappa shape index (κ3) is 4.50. The Labute approximate surface area is 178 Å². The number of hydrogen-bond acceptors (Lipinski definition) is 6. The van der Waals surface area contributed by atoms with Gasteiger partial charge in [0.15, 0.2) is 11.6 Å². The number of hydrogen-bond donors (Lipinski definition) is 3. The average Bonchev–Trinajstić information content (AvgIpc) is 2.88. The summed E-state index contributed by atoms with van der Waals surface area (Å²) >= 11 is 12.0. The van der Waals surface area contributed by atoms with Crippen molar-refractivity contribution in [3.8, 4) is 0 Å². The fourth-order valence-electron chi connectivity index (χ4n) is 3.08. The summed E-state index contributed by atoms with van der Waals surface area (Å²) in [6, 6.07) is 15.1. The lowest BCUT2D eigenvalue weighted by Crippen LogP contribution is -2.14. The van der Waals surface area contributed by atoms with Crippen molar-refractivity contribution in [3.63, 3.8) is 0 Å². The smallest absolute Gasteiger partial charge is 0.224 e. The quantitative estimate of drug-likeness (QED) is 0.529. The third-order valence-corrected chi connectivity index (χ3v) is 5.02. The van der Waals surface area contributed by atoms with Crippen molar-refractivity contribution in [1.29, 1.82) is 0 Å². The molecule has 1 atom stereocenters. The SMILES string of the molecule is Nc1nc(N)c2c(n1)NC(c1ccc(Cl)cc1)CC(/C=C/c1ccc(Cl)cc1)=N2. The molecule has 2 heterocycles. The van der Waals surface area contributed by atoms with Crippen LogP contribution in [0.15, 0.2) is 59.6 Å². The molecule has 0 saturated heterocycles. The summed E-state index contributed by atoms with van der Waals surface area (Å²) in [5.41, 5.74) is 15.2. The monoisotopic (exact) mass is 424 g/mol. The van der Waals surface area contributed by atoms with Gasteiger partial charge in [-0.05, 0) is 41.5 Å². The lowest BCUT2D eigenvalue weighted by atomic mass is 10.0. The molecule has 3 aromatic rings. The van der Waals surface area contributed by atoms with Gasteiger partial charge in [0, 0.05) is 22.2 Å². The molecule has 0 radical (unpaired) electrons. The zero-order valence-corrected chi connectivity index (χ0v) is 16.8. The summed E-state index contributed by atoms with van der Waals surface area (Å²) in [5.74, 6) is 0.831. The Kier molecular flexibility index (Phi) is 5.38. The van der Waals surface area contributed by atoms with Crippen LogP contribution in [-0.4, -0.2) is 15.7 Å². The fraction of sp³-hybridized carbons (Fsp3) is 0.0952. The molecule has 146 valence electrons. The fourth-order valence-corrected chi connectivity index (χ4v) is 3.34. The number of nitrogens with two attached hydrogens (primary N) is 2. The summed E-state index contributed by atoms with van der Waals surface area (Å²) in [6.07, 6.45) is 4.55. The normalized spacial score (nSPS) is 16.1. The molecule has 0 bridgehead atoms. The number of rotatable bonds is 3. The lowest BCUT2D eigenvalue weighted by molar-refractivity contribution is 0.823. The Hall–Kier alpha value is -3.09. The maximum absolute atomic E-state index is 6.07. The summed E-state index contributed by atoms with van der Waals surface area (Å²) in [6.45, 7) is 0. The number of allylic oxidation sites excluding steroid dienone is 1. The van der Waals surface area contributed by atoms with Gasteiger partial charge in [-0.15, -0.1) is 0 Å². The first-order chi connectivity index (χ1) is 14.0. The van der Waals surface area contributed by atoms with E-state index in [-0.39, 0.29) is 17.8 Å². The maximum atomic E-state index is 6.07. The van der Waals surface area contributed by atoms with Crippen molar-refractivity contribution >= 4 is 58.3 Å². The summed E-state index contributed by atoms with van der Waals surface area (Å²) in [4.78, 5) is 13.1. The van der Waals surface area contributed by atoms with Crippen LogP contribution in [0.5, 0.6) is 0 Å². The van der Waals surface area contributed by atoms with Crippen LogP contribution in [-0.2, 0) is 0 Å². The maximum Gasteiger partial charge on any atom is 0.224 e. The van der Waals surface area contributed by atoms with Crippen LogP contribution >= 0.6 is 23.2 Å². The van der Waals surface area contributed by atoms with Crippen molar-refractivity contribution in [2.45, 2.75) is 12.5 Å². The standard InChI is InChI=1S/C21H18Cl2N6/c22-14-6-1-12(2-7-14)3-10-16-11-17(13-4-8-15(23)9-5-13)27-20-18(26-16)19(24)28-21(25)29-20/h1-10,17H,11H2,(H5,24,25,27,28,29)/b10-3+. The Bertz CT molecular complexity index is 1090. The molecule has 0 fully saturated rings. The molecule has 1 unspecified atom stereocenters. The van der Waals surface area contributed by atoms with Gasteiger partial charge in [-0.1, -0.05) is 53.5 Å². The van der Waals surface area contributed by atoms with E-state index in [1.165, 1.54) is 0 Å². The minimum absolute atomic E-state index is 0.0872. The minimum atomic E-state index is -0.0872. The van der Waals surface area contributed by atoms with Crippen molar-refractivity contribution in [3.05, 3.63) is 75.8 Å². The molecule has 0 saturated carbocycles. The molecule has 1 aliphatic heterocycles. The van der Waals surface area contributed by atoms with Crippen LogP contribution in [0.1, 0.15) is 23.6 Å². The molecule has 29 heavy (non-hydrogen) atoms. The van der Waals surface area contributed by atoms with Crippen molar-refractivity contribution in [2.75, 3.05) is 16.8 Å². The van der Waals surface area contributed by atoms with Crippen LogP contribution in [0.4, 0.5) is 23.3 Å². The number of fused-ring (bicyclic) bond motifs is 1. The van der Waals surface area contributed by atoms with Crippen molar-refractivity contribution in [2.24, 2.45) is 4.99 Å². The van der Waals surface area contributed by atoms with E-state index in [4.69, 9.17) is 39.7 Å². The molecular formula is C21H18Cl2N6. The zero-order chi connectivity index (χ0) is 20.4. The highest BCUT2D eigenvalue weighted by molar-refractivity contribution is 6.30. The van der Waals surface area contributed by atoms with Gasteiger partial charge in [0.05, 0.1) is 6.04 Å².